The van der Waals surface area contributed by atoms with Crippen LogP contribution in [0, 0.1) is 19.8 Å². The molecule has 0 aliphatic carbocycles. The molecule has 1 aliphatic rings. The predicted molar refractivity (Wildman–Crippen MR) is 69.7 cm³/mol. The Labute approximate surface area is 104 Å². The van der Waals surface area contributed by atoms with Crippen molar-refractivity contribution >= 4 is 0 Å². The second-order valence-electron chi connectivity index (χ2n) is 5.26. The highest BCUT2D eigenvalue weighted by Crippen LogP contribution is 2.34. The minimum Gasteiger partial charge on any atom is -0.496 e. The fourth-order valence-electron chi connectivity index (χ4n) is 2.75. The summed E-state index contributed by atoms with van der Waals surface area (Å²) < 4.78 is 11.1. The summed E-state index contributed by atoms with van der Waals surface area (Å²) in [4.78, 5) is 0. The number of benzene rings is 1. The molecule has 3 unspecified atom stereocenters. The third kappa shape index (κ3) is 2.63. The smallest absolute Gasteiger partial charge is 0.124 e. The van der Waals surface area contributed by atoms with Gasteiger partial charge in [-0.3, -0.25) is 0 Å². The van der Waals surface area contributed by atoms with Crippen LogP contribution >= 0.6 is 0 Å². The van der Waals surface area contributed by atoms with E-state index in [1.807, 2.05) is 0 Å². The van der Waals surface area contributed by atoms with Crippen LogP contribution in [0.4, 0.5) is 0 Å². The van der Waals surface area contributed by atoms with E-state index in [4.69, 9.17) is 9.47 Å². The first kappa shape index (κ1) is 12.4. The van der Waals surface area contributed by atoms with Gasteiger partial charge < -0.3 is 9.47 Å². The lowest BCUT2D eigenvalue weighted by molar-refractivity contribution is 0.325. The molecule has 1 heterocycles. The maximum Gasteiger partial charge on any atom is 0.124 e. The van der Waals surface area contributed by atoms with Gasteiger partial charge in [0.05, 0.1) is 19.3 Å². The summed E-state index contributed by atoms with van der Waals surface area (Å²) in [7, 11) is 1.75. The maximum absolute atomic E-state index is 5.54. The van der Waals surface area contributed by atoms with Crippen molar-refractivity contribution < 1.29 is 9.47 Å². The summed E-state index contributed by atoms with van der Waals surface area (Å²) in [6.45, 7) is 8.64. The fraction of sp³-hybridized carbons (Fsp3) is 0.600. The molecule has 2 heteroatoms. The summed E-state index contributed by atoms with van der Waals surface area (Å²) in [6.07, 6.45) is 1.89. The molecular formula is C15H22O2. The van der Waals surface area contributed by atoms with Gasteiger partial charge in [-0.2, -0.15) is 0 Å². The van der Waals surface area contributed by atoms with E-state index in [0.717, 1.165) is 12.2 Å². The SMILES string of the molecule is COc1c(C)cc(C)cc1CC(C)C1OC1C. The van der Waals surface area contributed by atoms with Gasteiger partial charge in [-0.25, -0.2) is 0 Å². The Morgan fingerprint density at radius 1 is 1.35 bits per heavy atom. The molecule has 3 atom stereocenters. The van der Waals surface area contributed by atoms with Gasteiger partial charge in [0.1, 0.15) is 5.75 Å². The summed E-state index contributed by atoms with van der Waals surface area (Å²) in [5, 5.41) is 0. The lowest BCUT2D eigenvalue weighted by Crippen LogP contribution is -2.10. The molecule has 1 aliphatic heterocycles. The molecule has 17 heavy (non-hydrogen) atoms. The van der Waals surface area contributed by atoms with Gasteiger partial charge >= 0.3 is 0 Å². The molecule has 1 fully saturated rings. The van der Waals surface area contributed by atoms with E-state index in [0.29, 0.717) is 18.1 Å². The first-order chi connectivity index (χ1) is 8.02. The van der Waals surface area contributed by atoms with Crippen molar-refractivity contribution in [2.45, 2.75) is 46.3 Å². The summed E-state index contributed by atoms with van der Waals surface area (Å²) in [5.74, 6) is 1.59. The maximum atomic E-state index is 5.54. The largest absolute Gasteiger partial charge is 0.496 e. The standard InChI is InChI=1S/C15H22O2/c1-9-6-10(2)15(16-5)13(7-9)8-11(3)14-12(4)17-14/h6-7,11-12,14H,8H2,1-5H3. The van der Waals surface area contributed by atoms with E-state index in [1.165, 1.54) is 16.7 Å². The lowest BCUT2D eigenvalue weighted by atomic mass is 9.93. The van der Waals surface area contributed by atoms with Crippen LogP contribution in [0.5, 0.6) is 5.75 Å². The molecule has 0 bridgehead atoms. The Bertz CT molecular complexity index is 412. The van der Waals surface area contributed by atoms with Gasteiger partial charge in [0.25, 0.3) is 0 Å². The lowest BCUT2D eigenvalue weighted by Gasteiger charge is -2.15. The van der Waals surface area contributed by atoms with Crippen molar-refractivity contribution in [1.82, 2.24) is 0 Å². The number of rotatable bonds is 4. The molecule has 2 rings (SSSR count). The van der Waals surface area contributed by atoms with Gasteiger partial charge in [0.2, 0.25) is 0 Å². The molecular weight excluding hydrogens is 212 g/mol. The second kappa shape index (κ2) is 4.69. The number of ether oxygens (including phenoxy) is 2. The minimum atomic E-state index is 0.431. The molecule has 1 aromatic carbocycles. The van der Waals surface area contributed by atoms with E-state index in [-0.39, 0.29) is 0 Å². The van der Waals surface area contributed by atoms with E-state index in [1.54, 1.807) is 7.11 Å². The van der Waals surface area contributed by atoms with Crippen molar-refractivity contribution in [2.24, 2.45) is 5.92 Å². The van der Waals surface area contributed by atoms with Crippen molar-refractivity contribution in [3.63, 3.8) is 0 Å². The number of epoxide rings is 1. The molecule has 0 spiro atoms. The van der Waals surface area contributed by atoms with Crippen LogP contribution in [0.3, 0.4) is 0 Å². The molecule has 0 radical (unpaired) electrons. The van der Waals surface area contributed by atoms with Crippen LogP contribution in [0.15, 0.2) is 12.1 Å². The van der Waals surface area contributed by atoms with Crippen molar-refractivity contribution in [2.75, 3.05) is 7.11 Å². The average Bonchev–Trinajstić information content (AvgIpc) is 2.95. The fourth-order valence-corrected chi connectivity index (χ4v) is 2.75. The third-order valence-electron chi connectivity index (χ3n) is 3.56. The Hall–Kier alpha value is -1.02. The predicted octanol–water partition coefficient (Wildman–Crippen LogP) is 3.28. The zero-order valence-corrected chi connectivity index (χ0v) is 11.4. The first-order valence-corrected chi connectivity index (χ1v) is 6.32. The summed E-state index contributed by atoms with van der Waals surface area (Å²) in [6, 6.07) is 4.40. The van der Waals surface area contributed by atoms with Crippen LogP contribution in [0.25, 0.3) is 0 Å². The van der Waals surface area contributed by atoms with Crippen LogP contribution in [0.1, 0.15) is 30.5 Å². The van der Waals surface area contributed by atoms with E-state index in [9.17, 15) is 0 Å². The van der Waals surface area contributed by atoms with Gasteiger partial charge in [-0.1, -0.05) is 24.6 Å². The monoisotopic (exact) mass is 234 g/mol. The second-order valence-corrected chi connectivity index (χ2v) is 5.26. The van der Waals surface area contributed by atoms with Gasteiger partial charge in [-0.15, -0.1) is 0 Å². The number of methoxy groups -OCH3 is 1. The van der Waals surface area contributed by atoms with Crippen LogP contribution in [0.2, 0.25) is 0 Å². The molecule has 2 nitrogen and oxygen atoms in total. The van der Waals surface area contributed by atoms with E-state index in [2.05, 4.69) is 39.8 Å². The number of hydrogen-bond donors (Lipinski definition) is 0. The normalized spacial score (nSPS) is 24.5. The zero-order chi connectivity index (χ0) is 12.6. The van der Waals surface area contributed by atoms with Crippen molar-refractivity contribution in [3.05, 3.63) is 28.8 Å². The minimum absolute atomic E-state index is 0.431. The summed E-state index contributed by atoms with van der Waals surface area (Å²) in [5.41, 5.74) is 3.83. The van der Waals surface area contributed by atoms with Gasteiger partial charge in [-0.05, 0) is 44.2 Å². The van der Waals surface area contributed by atoms with E-state index >= 15 is 0 Å². The molecule has 0 N–H and O–H groups in total. The Kier molecular flexibility index (Phi) is 3.43. The molecule has 0 amide bonds. The average molecular weight is 234 g/mol. The van der Waals surface area contributed by atoms with Crippen molar-refractivity contribution in [3.8, 4) is 5.75 Å². The highest BCUT2D eigenvalue weighted by atomic mass is 16.6. The van der Waals surface area contributed by atoms with Crippen LogP contribution < -0.4 is 4.74 Å². The number of hydrogen-bond acceptors (Lipinski definition) is 2. The van der Waals surface area contributed by atoms with Gasteiger partial charge in [0.15, 0.2) is 0 Å². The van der Waals surface area contributed by atoms with Crippen molar-refractivity contribution in [1.29, 1.82) is 0 Å². The molecule has 1 saturated heterocycles. The van der Waals surface area contributed by atoms with Crippen LogP contribution in [-0.2, 0) is 11.2 Å². The molecule has 1 aromatic rings. The Balaban J connectivity index is 2.19. The topological polar surface area (TPSA) is 21.8 Å². The highest BCUT2D eigenvalue weighted by Gasteiger charge is 2.39. The Morgan fingerprint density at radius 2 is 2.00 bits per heavy atom. The third-order valence-corrected chi connectivity index (χ3v) is 3.56. The zero-order valence-electron chi connectivity index (χ0n) is 11.4. The van der Waals surface area contributed by atoms with Crippen LogP contribution in [-0.4, -0.2) is 19.3 Å². The molecule has 0 saturated carbocycles. The molecule has 0 aromatic heterocycles. The summed E-state index contributed by atoms with van der Waals surface area (Å²) >= 11 is 0. The Morgan fingerprint density at radius 3 is 2.53 bits per heavy atom. The quantitative estimate of drug-likeness (QED) is 0.746. The number of aryl methyl sites for hydroxylation is 2. The first-order valence-electron chi connectivity index (χ1n) is 6.32. The van der Waals surface area contributed by atoms with Gasteiger partial charge in [0, 0.05) is 0 Å². The van der Waals surface area contributed by atoms with E-state index < -0.39 is 0 Å². The highest BCUT2D eigenvalue weighted by molar-refractivity contribution is 5.44. The molecule has 94 valence electrons.